The van der Waals surface area contributed by atoms with Crippen LogP contribution in [0, 0.1) is 6.92 Å². The lowest BCUT2D eigenvalue weighted by Crippen LogP contribution is -2.29. The summed E-state index contributed by atoms with van der Waals surface area (Å²) in [7, 11) is 1.25. The lowest BCUT2D eigenvalue weighted by molar-refractivity contribution is -0.132. The van der Waals surface area contributed by atoms with Gasteiger partial charge in [-0.1, -0.05) is 30.4 Å². The number of aliphatic hydroxyl groups excluding tert-OH is 1. The van der Waals surface area contributed by atoms with E-state index in [1.807, 2.05) is 6.92 Å². The summed E-state index contributed by atoms with van der Waals surface area (Å²) in [6.07, 6.45) is 3.76. The van der Waals surface area contributed by atoms with Crippen LogP contribution in [0.2, 0.25) is 0 Å². The van der Waals surface area contributed by atoms with Gasteiger partial charge in [-0.3, -0.25) is 19.5 Å². The fourth-order valence-corrected chi connectivity index (χ4v) is 4.78. The molecule has 10 heteroatoms. The number of aryl methyl sites for hydroxylation is 1. The smallest absolute Gasteiger partial charge is 0.350 e. The minimum absolute atomic E-state index is 0.0960. The third-order valence-electron chi connectivity index (χ3n) is 5.41. The second-order valence-corrected chi connectivity index (χ2v) is 8.71. The number of nitrogens with zero attached hydrogens (tertiary/aromatic N) is 3. The highest BCUT2D eigenvalue weighted by molar-refractivity contribution is 7.17. The number of pyridine rings is 1. The molecule has 3 aromatic rings. The summed E-state index contributed by atoms with van der Waals surface area (Å²) in [5, 5.41) is 11.3. The molecule has 0 spiro atoms. The van der Waals surface area contributed by atoms with E-state index in [1.165, 1.54) is 24.4 Å². The van der Waals surface area contributed by atoms with Gasteiger partial charge in [0.1, 0.15) is 16.4 Å². The van der Waals surface area contributed by atoms with Crippen LogP contribution in [0.4, 0.5) is 5.13 Å². The molecule has 180 valence electrons. The van der Waals surface area contributed by atoms with E-state index < -0.39 is 23.7 Å². The van der Waals surface area contributed by atoms with E-state index in [9.17, 15) is 19.5 Å². The van der Waals surface area contributed by atoms with E-state index in [4.69, 9.17) is 9.47 Å². The number of aromatic nitrogens is 2. The standard InChI is InChI=1S/C25H23N3O6S/c1-4-12-34-17-7-5-6-16(13-17)19-18(20(29)15-8-10-26-11-9-15)21(30)23(31)28(19)25-27-14(2)22(35-25)24(32)33-3/h5-11,13,19,29H,4,12H2,1-3H3. The van der Waals surface area contributed by atoms with Crippen LogP contribution < -0.4 is 9.64 Å². The number of hydrogen-bond donors (Lipinski definition) is 1. The van der Waals surface area contributed by atoms with E-state index in [2.05, 4.69) is 9.97 Å². The Morgan fingerprint density at radius 3 is 2.63 bits per heavy atom. The van der Waals surface area contributed by atoms with Gasteiger partial charge in [0.05, 0.1) is 31.0 Å². The maximum absolute atomic E-state index is 13.3. The molecule has 1 amide bonds. The summed E-state index contributed by atoms with van der Waals surface area (Å²) in [6, 6.07) is 9.08. The van der Waals surface area contributed by atoms with Gasteiger partial charge in [0.25, 0.3) is 5.78 Å². The molecule has 35 heavy (non-hydrogen) atoms. The Kier molecular flexibility index (Phi) is 6.92. The SMILES string of the molecule is CCCOc1cccc(C2C(=C(O)c3ccncc3)C(=O)C(=O)N2c2nc(C)c(C(=O)OC)s2)c1. The van der Waals surface area contributed by atoms with Crippen molar-refractivity contribution in [3.8, 4) is 5.75 Å². The van der Waals surface area contributed by atoms with Crippen LogP contribution in [0.5, 0.6) is 5.75 Å². The number of ether oxygens (including phenoxy) is 2. The zero-order chi connectivity index (χ0) is 25.1. The van der Waals surface area contributed by atoms with Gasteiger partial charge in [-0.25, -0.2) is 9.78 Å². The first-order valence-corrected chi connectivity index (χ1v) is 11.7. The summed E-state index contributed by atoms with van der Waals surface area (Å²) in [4.78, 5) is 48.5. The van der Waals surface area contributed by atoms with Crippen molar-refractivity contribution >= 4 is 39.9 Å². The molecule has 4 rings (SSSR count). The molecule has 0 radical (unpaired) electrons. The Morgan fingerprint density at radius 2 is 1.94 bits per heavy atom. The number of aliphatic hydroxyl groups is 1. The van der Waals surface area contributed by atoms with E-state index in [0.29, 0.717) is 29.2 Å². The Hall–Kier alpha value is -4.05. The maximum Gasteiger partial charge on any atom is 0.350 e. The van der Waals surface area contributed by atoms with Crippen molar-refractivity contribution in [2.24, 2.45) is 0 Å². The highest BCUT2D eigenvalue weighted by Gasteiger charge is 2.48. The molecule has 0 saturated carbocycles. The first-order chi connectivity index (χ1) is 16.9. The molecular weight excluding hydrogens is 470 g/mol. The predicted octanol–water partition coefficient (Wildman–Crippen LogP) is 4.05. The predicted molar refractivity (Wildman–Crippen MR) is 129 cm³/mol. The summed E-state index contributed by atoms with van der Waals surface area (Å²) < 4.78 is 10.6. The van der Waals surface area contributed by atoms with Gasteiger partial charge in [-0.05, 0) is 43.2 Å². The minimum Gasteiger partial charge on any atom is -0.507 e. The topological polar surface area (TPSA) is 119 Å². The van der Waals surface area contributed by atoms with Crippen molar-refractivity contribution in [2.45, 2.75) is 26.3 Å². The largest absolute Gasteiger partial charge is 0.507 e. The lowest BCUT2D eigenvalue weighted by Gasteiger charge is -2.23. The zero-order valence-electron chi connectivity index (χ0n) is 19.3. The van der Waals surface area contributed by atoms with Crippen molar-refractivity contribution in [2.75, 3.05) is 18.6 Å². The molecule has 1 aromatic carbocycles. The number of carbonyl (C=O) groups excluding carboxylic acids is 3. The second kappa shape index (κ2) is 10.1. The van der Waals surface area contributed by atoms with E-state index >= 15 is 0 Å². The fraction of sp³-hybridized carbons (Fsp3) is 0.240. The maximum atomic E-state index is 13.3. The van der Waals surface area contributed by atoms with Crippen LogP contribution in [0.25, 0.3) is 5.76 Å². The van der Waals surface area contributed by atoms with Gasteiger partial charge in [0.15, 0.2) is 5.13 Å². The Labute approximate surface area is 205 Å². The molecule has 1 N–H and O–H groups in total. The Bertz CT molecular complexity index is 1320. The molecule has 1 unspecified atom stereocenters. The van der Waals surface area contributed by atoms with E-state index in [0.717, 1.165) is 17.8 Å². The summed E-state index contributed by atoms with van der Waals surface area (Å²) in [5.41, 5.74) is 1.15. The van der Waals surface area contributed by atoms with Crippen molar-refractivity contribution in [3.63, 3.8) is 0 Å². The van der Waals surface area contributed by atoms with Gasteiger partial charge in [-0.15, -0.1) is 0 Å². The van der Waals surface area contributed by atoms with Gasteiger partial charge < -0.3 is 14.6 Å². The van der Waals surface area contributed by atoms with Crippen LogP contribution in [-0.4, -0.2) is 46.5 Å². The first-order valence-electron chi connectivity index (χ1n) is 10.9. The number of methoxy groups -OCH3 is 1. The van der Waals surface area contributed by atoms with Crippen molar-refractivity contribution in [1.29, 1.82) is 0 Å². The monoisotopic (exact) mass is 493 g/mol. The molecule has 1 atom stereocenters. The highest BCUT2D eigenvalue weighted by atomic mass is 32.1. The average Bonchev–Trinajstić information content (AvgIpc) is 3.39. The van der Waals surface area contributed by atoms with Crippen LogP contribution in [0.1, 0.15) is 45.9 Å². The quantitative estimate of drug-likeness (QED) is 0.227. The molecule has 2 aromatic heterocycles. The number of ketones is 1. The number of carbonyl (C=O) groups is 3. The Balaban J connectivity index is 1.91. The van der Waals surface area contributed by atoms with Gasteiger partial charge in [-0.2, -0.15) is 0 Å². The number of benzene rings is 1. The number of anilines is 1. The normalized spacial score (nSPS) is 17.0. The van der Waals surface area contributed by atoms with E-state index in [-0.39, 0.29) is 21.3 Å². The number of esters is 1. The van der Waals surface area contributed by atoms with Crippen LogP contribution in [0.3, 0.4) is 0 Å². The number of thiazole rings is 1. The molecular formula is C25H23N3O6S. The van der Waals surface area contributed by atoms with Crippen molar-refractivity contribution < 1.29 is 29.0 Å². The number of Topliss-reactive ketones (excluding diaryl/α,β-unsaturated/α-hetero) is 1. The fourth-order valence-electron chi connectivity index (χ4n) is 3.77. The summed E-state index contributed by atoms with van der Waals surface area (Å²) >= 11 is 0.943. The second-order valence-electron chi connectivity index (χ2n) is 7.73. The molecule has 1 aliphatic rings. The van der Waals surface area contributed by atoms with Gasteiger partial charge >= 0.3 is 11.9 Å². The van der Waals surface area contributed by atoms with Crippen LogP contribution >= 0.6 is 11.3 Å². The molecule has 3 heterocycles. The number of amides is 1. The average molecular weight is 494 g/mol. The first kappa shape index (κ1) is 24.1. The molecule has 1 fully saturated rings. The number of hydrogen-bond acceptors (Lipinski definition) is 9. The lowest BCUT2D eigenvalue weighted by atomic mass is 9.95. The van der Waals surface area contributed by atoms with Gasteiger partial charge in [0, 0.05) is 18.0 Å². The molecule has 9 nitrogen and oxygen atoms in total. The van der Waals surface area contributed by atoms with Crippen LogP contribution in [-0.2, 0) is 14.3 Å². The molecule has 1 aliphatic heterocycles. The Morgan fingerprint density at radius 1 is 1.20 bits per heavy atom. The van der Waals surface area contributed by atoms with Crippen molar-refractivity contribution in [3.05, 3.63) is 76.1 Å². The van der Waals surface area contributed by atoms with Gasteiger partial charge in [0.2, 0.25) is 0 Å². The van der Waals surface area contributed by atoms with Crippen molar-refractivity contribution in [1.82, 2.24) is 9.97 Å². The van der Waals surface area contributed by atoms with Crippen LogP contribution in [0.15, 0.2) is 54.4 Å². The molecule has 0 bridgehead atoms. The molecule has 0 aliphatic carbocycles. The zero-order valence-corrected chi connectivity index (χ0v) is 20.2. The molecule has 1 saturated heterocycles. The third-order valence-corrected chi connectivity index (χ3v) is 6.54. The number of rotatable bonds is 7. The minimum atomic E-state index is -0.996. The van der Waals surface area contributed by atoms with E-state index in [1.54, 1.807) is 43.3 Å². The summed E-state index contributed by atoms with van der Waals surface area (Å²) in [6.45, 7) is 4.10. The summed E-state index contributed by atoms with van der Waals surface area (Å²) in [5.74, 6) is -2.09. The third kappa shape index (κ3) is 4.52. The highest BCUT2D eigenvalue weighted by Crippen LogP contribution is 2.44.